The molecule has 0 atom stereocenters. The first-order valence-corrected chi connectivity index (χ1v) is 12.1. The van der Waals surface area contributed by atoms with Gasteiger partial charge in [0.2, 0.25) is 0 Å². The van der Waals surface area contributed by atoms with Gasteiger partial charge in [-0.05, 0) is 84.1 Å². The molecule has 0 spiro atoms. The molecule has 0 saturated carbocycles. The number of benzene rings is 1. The molecule has 2 aromatic rings. The number of hydrogen-bond donors (Lipinski definition) is 0. The molecule has 3 heterocycles. The van der Waals surface area contributed by atoms with Crippen molar-refractivity contribution in [3.8, 4) is 11.5 Å². The van der Waals surface area contributed by atoms with E-state index in [-0.39, 0.29) is 0 Å². The van der Waals surface area contributed by atoms with E-state index in [9.17, 15) is 0 Å². The number of nitrogens with zero attached hydrogens (tertiary/aromatic N) is 2. The van der Waals surface area contributed by atoms with Gasteiger partial charge in [-0.1, -0.05) is 13.8 Å². The van der Waals surface area contributed by atoms with Gasteiger partial charge in [0.15, 0.2) is 5.70 Å². The first-order valence-electron chi connectivity index (χ1n) is 11.3. The Labute approximate surface area is 202 Å². The molecule has 0 saturated heterocycles. The highest BCUT2D eigenvalue weighted by Gasteiger charge is 2.56. The second kappa shape index (κ2) is 8.15. The Morgan fingerprint density at radius 2 is 1.58 bits per heavy atom. The van der Waals surface area contributed by atoms with Crippen molar-refractivity contribution in [1.82, 2.24) is 4.48 Å². The smallest absolute Gasteiger partial charge is 0.495 e. The summed E-state index contributed by atoms with van der Waals surface area (Å²) in [6, 6.07) is 3.79. The molecule has 1 aromatic heterocycles. The van der Waals surface area contributed by atoms with Gasteiger partial charge in [0.25, 0.3) is 0 Å². The molecule has 0 N–H and O–H groups in total. The fourth-order valence-corrected chi connectivity index (χ4v) is 6.32. The van der Waals surface area contributed by atoms with Crippen molar-refractivity contribution < 1.29 is 22.6 Å². The molecule has 2 aliphatic rings. The van der Waals surface area contributed by atoms with Crippen LogP contribution in [0.15, 0.2) is 33.4 Å². The number of hydrogen-bond acceptors (Lipinski definition) is 2. The van der Waals surface area contributed by atoms with Crippen LogP contribution < -0.4 is 9.47 Å². The predicted molar refractivity (Wildman–Crippen MR) is 134 cm³/mol. The van der Waals surface area contributed by atoms with Gasteiger partial charge in [0.1, 0.15) is 21.7 Å². The standard InChI is InChI=1S/C25H30BBrF2N2O2/c1-9-18-13(3)24-22(17-11-20(32-7)23(27)21(12-17)33-8)25-14(4)19(10-2)16(6)31(25)26(28,29)30(24)15(18)5/h11-12H,9-10H2,1-8H3. The molecule has 176 valence electrons. The van der Waals surface area contributed by atoms with E-state index in [2.05, 4.69) is 15.9 Å². The average molecular weight is 519 g/mol. The topological polar surface area (TPSA) is 26.4 Å². The van der Waals surface area contributed by atoms with E-state index in [1.807, 2.05) is 53.7 Å². The lowest BCUT2D eigenvalue weighted by Gasteiger charge is -2.34. The summed E-state index contributed by atoms with van der Waals surface area (Å²) in [5, 5.41) is 0. The molecule has 4 nitrogen and oxygen atoms in total. The molecule has 0 aliphatic carbocycles. The van der Waals surface area contributed by atoms with Crippen molar-refractivity contribution in [2.45, 2.75) is 54.4 Å². The van der Waals surface area contributed by atoms with Gasteiger partial charge in [0, 0.05) is 23.8 Å². The van der Waals surface area contributed by atoms with E-state index in [0.717, 1.165) is 33.4 Å². The molecule has 0 fully saturated rings. The Bertz CT molecular complexity index is 1260. The lowest BCUT2D eigenvalue weighted by molar-refractivity contribution is -0.363. The monoisotopic (exact) mass is 518 g/mol. The molecule has 1 aromatic carbocycles. The molecular weight excluding hydrogens is 489 g/mol. The number of ether oxygens (including phenoxy) is 2. The number of halogens is 3. The summed E-state index contributed by atoms with van der Waals surface area (Å²) in [7, 11) is 3.18. The summed E-state index contributed by atoms with van der Waals surface area (Å²) in [6.07, 6.45) is 1.38. The minimum atomic E-state index is -4.05. The molecule has 0 bridgehead atoms. The molecule has 2 aliphatic heterocycles. The van der Waals surface area contributed by atoms with Crippen molar-refractivity contribution in [2.24, 2.45) is 0 Å². The summed E-state index contributed by atoms with van der Waals surface area (Å²) >= 11 is 3.54. The van der Waals surface area contributed by atoms with E-state index in [4.69, 9.17) is 9.47 Å². The van der Waals surface area contributed by atoms with Gasteiger partial charge in [-0.25, -0.2) is 0 Å². The predicted octanol–water partition coefficient (Wildman–Crippen LogP) is 6.66. The van der Waals surface area contributed by atoms with Gasteiger partial charge >= 0.3 is 6.97 Å². The highest BCUT2D eigenvalue weighted by molar-refractivity contribution is 9.10. The van der Waals surface area contributed by atoms with E-state index in [1.165, 1.54) is 8.96 Å². The van der Waals surface area contributed by atoms with Crippen LogP contribution in [0.5, 0.6) is 11.5 Å². The van der Waals surface area contributed by atoms with Crippen LogP contribution in [0.3, 0.4) is 0 Å². The third-order valence-corrected chi connectivity index (χ3v) is 8.01. The average Bonchev–Trinajstić information content (AvgIpc) is 3.19. The summed E-state index contributed by atoms with van der Waals surface area (Å²) in [5.74, 6) is 1.18. The largest absolute Gasteiger partial charge is 0.737 e. The minimum Gasteiger partial charge on any atom is -0.495 e. The van der Waals surface area contributed by atoms with Crippen molar-refractivity contribution in [3.05, 3.63) is 61.5 Å². The zero-order chi connectivity index (χ0) is 24.4. The summed E-state index contributed by atoms with van der Waals surface area (Å²) in [5.41, 5.74) is 7.71. The number of methoxy groups -OCH3 is 2. The zero-order valence-electron chi connectivity index (χ0n) is 20.5. The molecule has 33 heavy (non-hydrogen) atoms. The molecular formula is C25H30BBrF2N2O2. The lowest BCUT2D eigenvalue weighted by atomic mass is 9.83. The molecule has 4 rings (SSSR count). The zero-order valence-corrected chi connectivity index (χ0v) is 22.1. The quantitative estimate of drug-likeness (QED) is 0.414. The maximum Gasteiger partial charge on any atom is 0.737 e. The van der Waals surface area contributed by atoms with Crippen LogP contribution in [0.1, 0.15) is 62.2 Å². The first kappa shape index (κ1) is 23.8. The van der Waals surface area contributed by atoms with Crippen LogP contribution in [-0.2, 0) is 6.42 Å². The van der Waals surface area contributed by atoms with Crippen molar-refractivity contribution in [1.29, 1.82) is 0 Å². The number of fused-ring (bicyclic) bond motifs is 2. The van der Waals surface area contributed by atoms with Crippen LogP contribution in [0.2, 0.25) is 0 Å². The van der Waals surface area contributed by atoms with Crippen LogP contribution in [0, 0.1) is 13.8 Å². The first-order chi connectivity index (χ1) is 15.6. The molecule has 8 heteroatoms. The number of aromatic nitrogens is 1. The highest BCUT2D eigenvalue weighted by atomic mass is 79.9. The summed E-state index contributed by atoms with van der Waals surface area (Å²) in [4.78, 5) is 0. The summed E-state index contributed by atoms with van der Waals surface area (Å²) in [6.45, 7) is 7.52. The fourth-order valence-electron chi connectivity index (χ4n) is 5.77. The second-order valence-corrected chi connectivity index (χ2v) is 9.47. The molecule has 0 radical (unpaired) electrons. The Morgan fingerprint density at radius 1 is 1.00 bits per heavy atom. The number of rotatable bonds is 5. The Morgan fingerprint density at radius 3 is 2.06 bits per heavy atom. The molecule has 0 amide bonds. The number of allylic oxidation sites excluding steroid dienone is 2. The van der Waals surface area contributed by atoms with Crippen LogP contribution in [0.4, 0.5) is 8.63 Å². The van der Waals surface area contributed by atoms with Crippen LogP contribution in [-0.4, -0.2) is 35.9 Å². The third-order valence-electron chi connectivity index (χ3n) is 7.23. The maximum absolute atomic E-state index is 16.3. The van der Waals surface area contributed by atoms with Gasteiger partial charge in [-0.2, -0.15) is 0 Å². The van der Waals surface area contributed by atoms with Crippen LogP contribution >= 0.6 is 15.9 Å². The van der Waals surface area contributed by atoms with Crippen molar-refractivity contribution in [3.63, 3.8) is 0 Å². The van der Waals surface area contributed by atoms with E-state index in [0.29, 0.717) is 51.6 Å². The van der Waals surface area contributed by atoms with Gasteiger partial charge in [0.05, 0.1) is 19.8 Å². The van der Waals surface area contributed by atoms with E-state index >= 15 is 8.63 Å². The van der Waals surface area contributed by atoms with Crippen LogP contribution in [0.25, 0.3) is 5.57 Å². The van der Waals surface area contributed by atoms with Gasteiger partial charge in [-0.3, -0.25) is 0 Å². The third kappa shape index (κ3) is 3.09. The van der Waals surface area contributed by atoms with Crippen molar-refractivity contribution >= 4 is 34.2 Å². The van der Waals surface area contributed by atoms with Crippen molar-refractivity contribution in [2.75, 3.05) is 14.2 Å². The second-order valence-electron chi connectivity index (χ2n) is 8.68. The Balaban J connectivity index is 2.24. The van der Waals surface area contributed by atoms with Gasteiger partial charge < -0.3 is 27.1 Å². The Kier molecular flexibility index (Phi) is 5.88. The maximum atomic E-state index is 16.3. The van der Waals surface area contributed by atoms with E-state index in [1.54, 1.807) is 14.2 Å². The normalized spacial score (nSPS) is 17.1. The minimum absolute atomic E-state index is 0.580. The highest BCUT2D eigenvalue weighted by Crippen LogP contribution is 2.49. The fraction of sp³-hybridized carbons (Fsp3) is 0.400. The van der Waals surface area contributed by atoms with Gasteiger partial charge in [-0.15, -0.1) is 0 Å². The SMILES string of the molecule is CCC1=C(C)C2=C(c3cc(OC)c(Br)c(OC)c3)c3c(C)c(CC)c(C)n3[B-](F)(F)[N+]2=C1C. The Hall–Kier alpha value is -2.35. The molecule has 0 unspecified atom stereocenters. The van der Waals surface area contributed by atoms with E-state index < -0.39 is 6.97 Å². The summed E-state index contributed by atoms with van der Waals surface area (Å²) < 4.78 is 47.1. The lowest BCUT2D eigenvalue weighted by Crippen LogP contribution is -2.51.